The number of methoxy groups -OCH3 is 1. The summed E-state index contributed by atoms with van der Waals surface area (Å²) in [6.07, 6.45) is 1.02. The van der Waals surface area contributed by atoms with Gasteiger partial charge in [0.1, 0.15) is 5.75 Å². The van der Waals surface area contributed by atoms with Gasteiger partial charge in [-0.1, -0.05) is 0 Å². The Morgan fingerprint density at radius 2 is 1.90 bits per heavy atom. The Morgan fingerprint density at radius 1 is 1.17 bits per heavy atom. The Labute approximate surface area is 176 Å². The van der Waals surface area contributed by atoms with E-state index in [1.54, 1.807) is 17.0 Å². The van der Waals surface area contributed by atoms with Gasteiger partial charge in [-0.2, -0.15) is 4.31 Å². The zero-order valence-electron chi connectivity index (χ0n) is 17.3. The van der Waals surface area contributed by atoms with Gasteiger partial charge in [-0.05, 0) is 44.0 Å². The van der Waals surface area contributed by atoms with Crippen molar-refractivity contribution >= 4 is 21.9 Å². The number of rotatable bonds is 6. The Morgan fingerprint density at radius 3 is 2.57 bits per heavy atom. The average Bonchev–Trinajstić information content (AvgIpc) is 2.77. The smallest absolute Gasteiger partial charge is 0.310 e. The summed E-state index contributed by atoms with van der Waals surface area (Å²) in [7, 11) is -2.22. The number of hydrogen-bond acceptors (Lipinski definition) is 7. The second-order valence-electron chi connectivity index (χ2n) is 7.51. The fourth-order valence-electron chi connectivity index (χ4n) is 3.64. The van der Waals surface area contributed by atoms with E-state index in [9.17, 15) is 18.0 Å². The lowest BCUT2D eigenvalue weighted by atomic mass is 10.00. The number of carbonyl (C=O) groups excluding carboxylic acids is 2. The third-order valence-corrected chi connectivity index (χ3v) is 7.23. The number of amides is 1. The van der Waals surface area contributed by atoms with Crippen LogP contribution in [0.4, 0.5) is 0 Å². The summed E-state index contributed by atoms with van der Waals surface area (Å²) in [5, 5.41) is 0. The first-order valence-corrected chi connectivity index (χ1v) is 11.5. The highest BCUT2D eigenvalue weighted by molar-refractivity contribution is 7.89. The maximum atomic E-state index is 12.9. The molecule has 2 aliphatic rings. The summed E-state index contributed by atoms with van der Waals surface area (Å²) in [6.45, 7) is 3.31. The summed E-state index contributed by atoms with van der Waals surface area (Å²) in [4.78, 5) is 26.5. The molecule has 2 saturated heterocycles. The molecule has 10 heteroatoms. The molecule has 3 rings (SSSR count). The second kappa shape index (κ2) is 9.76. The largest absolute Gasteiger partial charge is 0.497 e. The third-order valence-electron chi connectivity index (χ3n) is 5.35. The standard InChI is InChI=1S/C20H28N2O7S/c1-15-12-21(10-11-28-15)19(23)14-29-20(24)16-4-3-9-22(13-16)30(25,26)18-7-5-17(27-2)6-8-18/h5-8,15-16H,3-4,9-14H2,1-2H3. The first-order chi connectivity index (χ1) is 14.3. The van der Waals surface area contributed by atoms with Gasteiger partial charge in [-0.15, -0.1) is 0 Å². The van der Waals surface area contributed by atoms with Crippen molar-refractivity contribution in [3.05, 3.63) is 24.3 Å². The van der Waals surface area contributed by atoms with Crippen molar-refractivity contribution in [3.63, 3.8) is 0 Å². The lowest BCUT2D eigenvalue weighted by Gasteiger charge is -2.32. The van der Waals surface area contributed by atoms with Gasteiger partial charge in [0.2, 0.25) is 10.0 Å². The van der Waals surface area contributed by atoms with Gasteiger partial charge in [0, 0.05) is 26.2 Å². The molecule has 0 bridgehead atoms. The average molecular weight is 441 g/mol. The number of carbonyl (C=O) groups is 2. The fourth-order valence-corrected chi connectivity index (χ4v) is 5.16. The molecule has 0 N–H and O–H groups in total. The molecule has 2 atom stereocenters. The number of hydrogen-bond donors (Lipinski definition) is 0. The highest BCUT2D eigenvalue weighted by atomic mass is 32.2. The van der Waals surface area contributed by atoms with Crippen LogP contribution in [-0.2, 0) is 29.1 Å². The molecular weight excluding hydrogens is 412 g/mol. The normalized spacial score (nSPS) is 23.1. The molecule has 30 heavy (non-hydrogen) atoms. The number of esters is 1. The highest BCUT2D eigenvalue weighted by Gasteiger charge is 2.34. The molecule has 2 aliphatic heterocycles. The zero-order chi connectivity index (χ0) is 21.7. The number of piperidine rings is 1. The van der Waals surface area contributed by atoms with Crippen molar-refractivity contribution in [1.82, 2.24) is 9.21 Å². The van der Waals surface area contributed by atoms with Crippen LogP contribution in [0.15, 0.2) is 29.2 Å². The molecule has 0 saturated carbocycles. The summed E-state index contributed by atoms with van der Waals surface area (Å²) < 4.78 is 42.8. The summed E-state index contributed by atoms with van der Waals surface area (Å²) in [5.74, 6) is -0.840. The van der Waals surface area contributed by atoms with E-state index < -0.39 is 21.9 Å². The Balaban J connectivity index is 1.56. The predicted octanol–water partition coefficient (Wildman–Crippen LogP) is 0.886. The third kappa shape index (κ3) is 5.30. The van der Waals surface area contributed by atoms with Crippen LogP contribution in [0.2, 0.25) is 0 Å². The Kier molecular flexibility index (Phi) is 7.32. The molecule has 0 aromatic heterocycles. The van der Waals surface area contributed by atoms with Gasteiger partial charge in [0.05, 0.1) is 30.6 Å². The predicted molar refractivity (Wildman–Crippen MR) is 107 cm³/mol. The van der Waals surface area contributed by atoms with Gasteiger partial charge < -0.3 is 19.1 Å². The first kappa shape index (κ1) is 22.5. The molecule has 2 fully saturated rings. The van der Waals surface area contributed by atoms with E-state index in [2.05, 4.69) is 0 Å². The topological polar surface area (TPSA) is 102 Å². The molecule has 0 spiro atoms. The van der Waals surface area contributed by atoms with Crippen LogP contribution < -0.4 is 4.74 Å². The van der Waals surface area contributed by atoms with E-state index in [0.717, 1.165) is 0 Å². The quantitative estimate of drug-likeness (QED) is 0.605. The molecule has 0 radical (unpaired) electrons. The summed E-state index contributed by atoms with van der Waals surface area (Å²) in [5.41, 5.74) is 0. The lowest BCUT2D eigenvalue weighted by molar-refractivity contribution is -0.158. The molecule has 9 nitrogen and oxygen atoms in total. The van der Waals surface area contributed by atoms with Crippen LogP contribution in [0.3, 0.4) is 0 Å². The van der Waals surface area contributed by atoms with Crippen LogP contribution >= 0.6 is 0 Å². The monoisotopic (exact) mass is 440 g/mol. The van der Waals surface area contributed by atoms with Crippen molar-refractivity contribution in [1.29, 1.82) is 0 Å². The van der Waals surface area contributed by atoms with Crippen LogP contribution in [-0.4, -0.2) is 82.1 Å². The van der Waals surface area contributed by atoms with Crippen LogP contribution in [0.5, 0.6) is 5.75 Å². The molecule has 2 unspecified atom stereocenters. The maximum Gasteiger partial charge on any atom is 0.310 e. The van der Waals surface area contributed by atoms with Crippen molar-refractivity contribution in [2.75, 3.05) is 46.5 Å². The van der Waals surface area contributed by atoms with Gasteiger partial charge in [-0.3, -0.25) is 9.59 Å². The first-order valence-electron chi connectivity index (χ1n) is 10.0. The Bertz CT molecular complexity index is 856. The van der Waals surface area contributed by atoms with Gasteiger partial charge in [0.15, 0.2) is 6.61 Å². The molecule has 2 heterocycles. The minimum absolute atomic E-state index is 0.0377. The molecule has 166 valence electrons. The second-order valence-corrected chi connectivity index (χ2v) is 9.44. The van der Waals surface area contributed by atoms with Crippen LogP contribution in [0, 0.1) is 5.92 Å². The van der Waals surface area contributed by atoms with E-state index in [1.165, 1.54) is 23.5 Å². The lowest BCUT2D eigenvalue weighted by Crippen LogP contribution is -2.47. The molecule has 1 aromatic carbocycles. The van der Waals surface area contributed by atoms with E-state index in [4.69, 9.17) is 14.2 Å². The van der Waals surface area contributed by atoms with E-state index in [0.29, 0.717) is 44.8 Å². The number of benzene rings is 1. The molecular formula is C20H28N2O7S. The molecule has 1 amide bonds. The summed E-state index contributed by atoms with van der Waals surface area (Å²) in [6, 6.07) is 6.14. The minimum Gasteiger partial charge on any atom is -0.497 e. The highest BCUT2D eigenvalue weighted by Crippen LogP contribution is 2.25. The van der Waals surface area contributed by atoms with E-state index in [1.807, 2.05) is 6.92 Å². The Hall–Kier alpha value is -2.17. The van der Waals surface area contributed by atoms with Crippen molar-refractivity contribution in [2.45, 2.75) is 30.8 Å². The molecule has 0 aliphatic carbocycles. The number of morpholine rings is 1. The van der Waals surface area contributed by atoms with Crippen molar-refractivity contribution in [2.24, 2.45) is 5.92 Å². The number of sulfonamides is 1. The maximum absolute atomic E-state index is 12.9. The van der Waals surface area contributed by atoms with E-state index >= 15 is 0 Å². The summed E-state index contributed by atoms with van der Waals surface area (Å²) >= 11 is 0. The van der Waals surface area contributed by atoms with Crippen molar-refractivity contribution in [3.8, 4) is 5.75 Å². The SMILES string of the molecule is COc1ccc(S(=O)(=O)N2CCCC(C(=O)OCC(=O)N3CCOC(C)C3)C2)cc1. The van der Waals surface area contributed by atoms with E-state index in [-0.39, 0.29) is 30.1 Å². The fraction of sp³-hybridized carbons (Fsp3) is 0.600. The number of ether oxygens (including phenoxy) is 3. The number of nitrogens with zero attached hydrogens (tertiary/aromatic N) is 2. The van der Waals surface area contributed by atoms with Crippen LogP contribution in [0.25, 0.3) is 0 Å². The van der Waals surface area contributed by atoms with Gasteiger partial charge in [0.25, 0.3) is 5.91 Å². The minimum atomic E-state index is -3.73. The zero-order valence-corrected chi connectivity index (χ0v) is 18.1. The van der Waals surface area contributed by atoms with Crippen LogP contribution in [0.1, 0.15) is 19.8 Å². The molecule has 1 aromatic rings. The van der Waals surface area contributed by atoms with Crippen molar-refractivity contribution < 1.29 is 32.2 Å². The van der Waals surface area contributed by atoms with Gasteiger partial charge >= 0.3 is 5.97 Å². The van der Waals surface area contributed by atoms with Gasteiger partial charge in [-0.25, -0.2) is 8.42 Å².